The molecule has 0 saturated carbocycles. The minimum atomic E-state index is -0.429. The van der Waals surface area contributed by atoms with Crippen LogP contribution >= 0.6 is 12.2 Å². The lowest BCUT2D eigenvalue weighted by Gasteiger charge is -2.37. The first-order chi connectivity index (χ1) is 13.4. The smallest absolute Gasteiger partial charge is 0.338 e. The Morgan fingerprint density at radius 1 is 1.21 bits per heavy atom. The largest absolute Gasteiger partial charge is 0.460 e. The molecule has 8 heteroatoms. The van der Waals surface area contributed by atoms with Gasteiger partial charge in [0, 0.05) is 31.5 Å². The number of thiocarbonyl (C=S) groups is 1. The summed E-state index contributed by atoms with van der Waals surface area (Å²) in [5, 5.41) is 6.61. The third kappa shape index (κ3) is 5.08. The highest BCUT2D eigenvalue weighted by Gasteiger charge is 2.34. The van der Waals surface area contributed by atoms with E-state index in [1.807, 2.05) is 43.0 Å². The van der Waals surface area contributed by atoms with Crippen molar-refractivity contribution in [2.24, 2.45) is 0 Å². The van der Waals surface area contributed by atoms with Crippen LogP contribution in [0, 0.1) is 0 Å². The second-order valence-electron chi connectivity index (χ2n) is 6.28. The predicted octanol–water partition coefficient (Wildman–Crippen LogP) is 2.75. The van der Waals surface area contributed by atoms with E-state index < -0.39 is 12.0 Å². The van der Waals surface area contributed by atoms with Gasteiger partial charge in [0.05, 0.1) is 18.2 Å². The molecule has 1 aliphatic heterocycles. The number of nitrogens with one attached hydrogen (secondary N) is 2. The molecule has 1 amide bonds. The van der Waals surface area contributed by atoms with Crippen molar-refractivity contribution in [3.63, 3.8) is 0 Å². The van der Waals surface area contributed by atoms with Gasteiger partial charge in [-0.15, -0.1) is 0 Å². The Bertz CT molecular complexity index is 761. The van der Waals surface area contributed by atoms with Crippen LogP contribution in [0.15, 0.2) is 35.5 Å². The van der Waals surface area contributed by atoms with E-state index in [-0.39, 0.29) is 12.5 Å². The molecule has 1 aliphatic rings. The molecule has 1 heterocycles. The van der Waals surface area contributed by atoms with Gasteiger partial charge >= 0.3 is 5.97 Å². The van der Waals surface area contributed by atoms with E-state index >= 15 is 0 Å². The average Bonchev–Trinajstić information content (AvgIpc) is 2.68. The Hall–Kier alpha value is -2.45. The maximum absolute atomic E-state index is 12.8. The Morgan fingerprint density at radius 3 is 2.46 bits per heavy atom. The van der Waals surface area contributed by atoms with Gasteiger partial charge in [-0.3, -0.25) is 4.79 Å². The SMILES string of the molecule is CCC(=O)Nc1ccc([C@H]2NC(=S)N(CC)C(C)=C2C(=O)OCCOC)cc1. The molecule has 1 atom stereocenters. The number of nitrogens with zero attached hydrogens (tertiary/aromatic N) is 1. The predicted molar refractivity (Wildman–Crippen MR) is 112 cm³/mol. The average molecular weight is 406 g/mol. The maximum atomic E-state index is 12.8. The monoisotopic (exact) mass is 405 g/mol. The Labute approximate surface area is 171 Å². The summed E-state index contributed by atoms with van der Waals surface area (Å²) in [6.07, 6.45) is 0.409. The highest BCUT2D eigenvalue weighted by molar-refractivity contribution is 7.80. The summed E-state index contributed by atoms with van der Waals surface area (Å²) in [5.41, 5.74) is 2.83. The van der Waals surface area contributed by atoms with Crippen molar-refractivity contribution >= 4 is 34.9 Å². The van der Waals surface area contributed by atoms with Gasteiger partial charge in [0.1, 0.15) is 6.61 Å². The molecule has 0 saturated heterocycles. The molecule has 2 N–H and O–H groups in total. The molecular formula is C20H27N3O4S. The number of allylic oxidation sites excluding steroid dienone is 1. The number of hydrogen-bond donors (Lipinski definition) is 2. The van der Waals surface area contributed by atoms with Gasteiger partial charge in [0.2, 0.25) is 5.91 Å². The van der Waals surface area contributed by atoms with Gasteiger partial charge in [-0.25, -0.2) is 4.79 Å². The highest BCUT2D eigenvalue weighted by atomic mass is 32.1. The fourth-order valence-corrected chi connectivity index (χ4v) is 3.36. The number of carbonyl (C=O) groups is 2. The molecule has 0 radical (unpaired) electrons. The Kier molecular flexibility index (Phi) is 7.95. The van der Waals surface area contributed by atoms with E-state index in [1.54, 1.807) is 14.0 Å². The fraction of sp³-hybridized carbons (Fsp3) is 0.450. The minimum absolute atomic E-state index is 0.0542. The van der Waals surface area contributed by atoms with Gasteiger partial charge in [-0.05, 0) is 43.8 Å². The Morgan fingerprint density at radius 2 is 1.89 bits per heavy atom. The van der Waals surface area contributed by atoms with Crippen LogP contribution in [0.1, 0.15) is 38.8 Å². The van der Waals surface area contributed by atoms with Gasteiger partial charge in [-0.2, -0.15) is 0 Å². The normalized spacial score (nSPS) is 16.6. The number of benzene rings is 1. The number of rotatable bonds is 8. The number of amides is 1. The number of methoxy groups -OCH3 is 1. The van der Waals surface area contributed by atoms with E-state index in [1.165, 1.54) is 0 Å². The molecule has 1 aromatic carbocycles. The van der Waals surface area contributed by atoms with Crippen LogP contribution in [-0.2, 0) is 19.1 Å². The number of carbonyl (C=O) groups excluding carboxylic acids is 2. The van der Waals surface area contributed by atoms with Crippen molar-refractivity contribution in [2.45, 2.75) is 33.2 Å². The molecule has 152 valence electrons. The number of hydrogen-bond acceptors (Lipinski definition) is 5. The molecule has 0 unspecified atom stereocenters. The quantitative estimate of drug-likeness (QED) is 0.391. The lowest BCUT2D eigenvalue weighted by molar-refractivity contribution is -0.140. The van der Waals surface area contributed by atoms with Crippen LogP contribution in [-0.4, -0.2) is 48.8 Å². The highest BCUT2D eigenvalue weighted by Crippen LogP contribution is 2.31. The van der Waals surface area contributed by atoms with E-state index in [0.29, 0.717) is 35.9 Å². The second-order valence-corrected chi connectivity index (χ2v) is 6.67. The van der Waals surface area contributed by atoms with Crippen LogP contribution in [0.4, 0.5) is 5.69 Å². The topological polar surface area (TPSA) is 79.9 Å². The summed E-state index contributed by atoms with van der Waals surface area (Å²) in [7, 11) is 1.56. The van der Waals surface area contributed by atoms with Crippen LogP contribution < -0.4 is 10.6 Å². The van der Waals surface area contributed by atoms with Gasteiger partial charge < -0.3 is 25.0 Å². The zero-order valence-electron chi connectivity index (χ0n) is 16.7. The van der Waals surface area contributed by atoms with Crippen molar-refractivity contribution in [2.75, 3.05) is 32.2 Å². The third-order valence-corrected chi connectivity index (χ3v) is 4.84. The number of anilines is 1. The van der Waals surface area contributed by atoms with Crippen molar-refractivity contribution in [3.05, 3.63) is 41.1 Å². The van der Waals surface area contributed by atoms with Gasteiger partial charge in [-0.1, -0.05) is 19.1 Å². The molecule has 0 fully saturated rings. The molecule has 1 aromatic rings. The molecule has 0 spiro atoms. The van der Waals surface area contributed by atoms with Crippen molar-refractivity contribution < 1.29 is 19.1 Å². The van der Waals surface area contributed by atoms with Gasteiger partial charge in [0.25, 0.3) is 0 Å². The second kappa shape index (κ2) is 10.2. The molecular weight excluding hydrogens is 378 g/mol. The summed E-state index contributed by atoms with van der Waals surface area (Å²) in [6, 6.07) is 6.92. The number of esters is 1. The molecule has 0 aromatic heterocycles. The minimum Gasteiger partial charge on any atom is -0.460 e. The first kappa shape index (κ1) is 21.8. The third-order valence-electron chi connectivity index (χ3n) is 4.50. The summed E-state index contributed by atoms with van der Waals surface area (Å²) >= 11 is 5.48. The lowest BCUT2D eigenvalue weighted by Crippen LogP contribution is -2.47. The van der Waals surface area contributed by atoms with Crippen molar-refractivity contribution in [1.82, 2.24) is 10.2 Å². The van der Waals surface area contributed by atoms with E-state index in [0.717, 1.165) is 11.3 Å². The van der Waals surface area contributed by atoms with Gasteiger partial charge in [0.15, 0.2) is 5.11 Å². The molecule has 0 aliphatic carbocycles. The summed E-state index contributed by atoms with van der Waals surface area (Å²) in [6.45, 7) is 6.78. The zero-order chi connectivity index (χ0) is 20.7. The first-order valence-corrected chi connectivity index (χ1v) is 9.68. The molecule has 28 heavy (non-hydrogen) atoms. The van der Waals surface area contributed by atoms with E-state index in [4.69, 9.17) is 21.7 Å². The maximum Gasteiger partial charge on any atom is 0.338 e. The first-order valence-electron chi connectivity index (χ1n) is 9.27. The van der Waals surface area contributed by atoms with Crippen LogP contribution in [0.25, 0.3) is 0 Å². The van der Waals surface area contributed by atoms with E-state index in [2.05, 4.69) is 10.6 Å². The van der Waals surface area contributed by atoms with Crippen LogP contribution in [0.2, 0.25) is 0 Å². The Balaban J connectivity index is 2.33. The van der Waals surface area contributed by atoms with E-state index in [9.17, 15) is 9.59 Å². The number of ether oxygens (including phenoxy) is 2. The standard InChI is InChI=1S/C20H27N3O4S/c1-5-16(24)21-15-9-7-14(8-10-15)18-17(19(25)27-12-11-26-4)13(3)23(6-2)20(28)22-18/h7-10,18H,5-6,11-12H2,1-4H3,(H,21,24)(H,22,28)/t18-/m1/s1. The summed E-state index contributed by atoms with van der Waals surface area (Å²) in [5.74, 6) is -0.460. The molecule has 7 nitrogen and oxygen atoms in total. The molecule has 2 rings (SSSR count). The molecule has 0 bridgehead atoms. The van der Waals surface area contributed by atoms with Crippen LogP contribution in [0.3, 0.4) is 0 Å². The van der Waals surface area contributed by atoms with Crippen molar-refractivity contribution in [1.29, 1.82) is 0 Å². The van der Waals surface area contributed by atoms with Crippen LogP contribution in [0.5, 0.6) is 0 Å². The summed E-state index contributed by atoms with van der Waals surface area (Å²) in [4.78, 5) is 26.2. The van der Waals surface area contributed by atoms with Crippen molar-refractivity contribution in [3.8, 4) is 0 Å². The summed E-state index contributed by atoms with van der Waals surface area (Å²) < 4.78 is 10.3. The zero-order valence-corrected chi connectivity index (χ0v) is 17.5. The fourth-order valence-electron chi connectivity index (χ4n) is 2.98. The lowest BCUT2D eigenvalue weighted by atomic mass is 9.95.